The van der Waals surface area contributed by atoms with E-state index in [1.54, 1.807) is 18.0 Å². The van der Waals surface area contributed by atoms with E-state index in [0.29, 0.717) is 49.5 Å². The topological polar surface area (TPSA) is 173 Å². The maximum atomic E-state index is 13.5. The van der Waals surface area contributed by atoms with Crippen molar-refractivity contribution in [3.05, 3.63) is 77.1 Å². The lowest BCUT2D eigenvalue weighted by Gasteiger charge is -2.38. The molecule has 3 aliphatic carbocycles. The zero-order valence-electron chi connectivity index (χ0n) is 29.8. The Kier molecular flexibility index (Phi) is 13.7. The van der Waals surface area contributed by atoms with E-state index in [4.69, 9.17) is 26.2 Å². The smallest absolute Gasteiger partial charge is 0.222 e. The summed E-state index contributed by atoms with van der Waals surface area (Å²) >= 11 is 8.26. The molecule has 1 amide bonds. The molecule has 1 heterocycles. The fourth-order valence-electron chi connectivity index (χ4n) is 6.98. The number of benzene rings is 2. The molecular formula is C40H51ClN2O9S. The van der Waals surface area contributed by atoms with Crippen molar-refractivity contribution >= 4 is 29.3 Å². The quantitative estimate of drug-likeness (QED) is 0.0744. The van der Waals surface area contributed by atoms with E-state index in [9.17, 15) is 30.3 Å². The highest BCUT2D eigenvalue weighted by molar-refractivity contribution is 7.99. The van der Waals surface area contributed by atoms with E-state index in [2.05, 4.69) is 11.1 Å². The highest BCUT2D eigenvalue weighted by atomic mass is 35.5. The Balaban J connectivity index is 1.05. The zero-order valence-corrected chi connectivity index (χ0v) is 31.4. The Bertz CT molecular complexity index is 1670. The highest BCUT2D eigenvalue weighted by Crippen LogP contribution is 2.53. The van der Waals surface area contributed by atoms with Gasteiger partial charge in [0.05, 0.1) is 31.0 Å². The van der Waals surface area contributed by atoms with Crippen molar-refractivity contribution in [2.45, 2.75) is 124 Å². The number of carbonyl (C=O) groups is 1. The van der Waals surface area contributed by atoms with Gasteiger partial charge in [0.1, 0.15) is 30.2 Å². The molecule has 3 saturated carbocycles. The van der Waals surface area contributed by atoms with Gasteiger partial charge in [0, 0.05) is 52.4 Å². The number of amides is 1. The molecule has 288 valence electrons. The average Bonchev–Trinajstić information content (AvgIpc) is 4.13. The summed E-state index contributed by atoms with van der Waals surface area (Å²) in [6.07, 6.45) is 3.63. The van der Waals surface area contributed by atoms with E-state index in [-0.39, 0.29) is 31.0 Å². The standard InChI is InChI=1S/C40H51ClN2O9S/c41-33-14-13-29(53-19-3-6-37(48)43(26-7-9-27(45)10-8-26)22-34(46)38(49)39(50)35(47)23-44)20-25(33)24-51-40(16-17-40)32-21-42-18-15-30(32)31-4-1-2-5-36(31)52-28-11-12-28/h1-2,4-5,13-15,18,20-21,26-28,34-35,38-39,44-47,49-50H,3,6-12,16-17,19,22-24H2/t26?,27?,34-,35+,38+,39+/m1/s1. The molecular weight excluding hydrogens is 720 g/mol. The van der Waals surface area contributed by atoms with Crippen LogP contribution in [0.1, 0.15) is 75.3 Å². The summed E-state index contributed by atoms with van der Waals surface area (Å²) in [5.41, 5.74) is 3.53. The van der Waals surface area contributed by atoms with E-state index in [1.165, 1.54) is 4.90 Å². The summed E-state index contributed by atoms with van der Waals surface area (Å²) in [5.74, 6) is 1.32. The molecule has 53 heavy (non-hydrogen) atoms. The number of rotatable bonds is 19. The van der Waals surface area contributed by atoms with Gasteiger partial charge in [-0.25, -0.2) is 0 Å². The molecule has 1 aromatic heterocycles. The van der Waals surface area contributed by atoms with E-state index in [1.807, 2.05) is 48.7 Å². The first kappa shape index (κ1) is 39.9. The lowest BCUT2D eigenvalue weighted by molar-refractivity contribution is -0.144. The number of hydrogen-bond acceptors (Lipinski definition) is 11. The number of aromatic nitrogens is 1. The molecule has 13 heteroatoms. The van der Waals surface area contributed by atoms with Crippen LogP contribution in [0, 0.1) is 0 Å². The van der Waals surface area contributed by atoms with E-state index < -0.39 is 42.7 Å². The Hall–Kier alpha value is -2.78. The van der Waals surface area contributed by atoms with Crippen LogP contribution in [0.4, 0.5) is 0 Å². The normalized spacial score (nSPS) is 21.7. The number of nitrogens with zero attached hydrogens (tertiary/aromatic N) is 2. The van der Waals surface area contributed by atoms with Crippen LogP contribution < -0.4 is 4.74 Å². The highest BCUT2D eigenvalue weighted by Gasteiger charge is 2.48. The number of pyridine rings is 1. The molecule has 4 atom stereocenters. The molecule has 0 saturated heterocycles. The molecule has 6 N–H and O–H groups in total. The first-order valence-electron chi connectivity index (χ1n) is 18.6. The number of aliphatic hydroxyl groups is 6. The summed E-state index contributed by atoms with van der Waals surface area (Å²) in [4.78, 5) is 20.5. The molecule has 11 nitrogen and oxygen atoms in total. The summed E-state index contributed by atoms with van der Waals surface area (Å²) in [6.45, 7) is -0.706. The third-order valence-electron chi connectivity index (χ3n) is 10.5. The zero-order chi connectivity index (χ0) is 37.5. The molecule has 3 aliphatic rings. The lowest BCUT2D eigenvalue weighted by atomic mass is 9.91. The van der Waals surface area contributed by atoms with E-state index in [0.717, 1.165) is 58.6 Å². The van der Waals surface area contributed by atoms with Gasteiger partial charge in [-0.05, 0) is 105 Å². The molecule has 0 unspecified atom stereocenters. The summed E-state index contributed by atoms with van der Waals surface area (Å²) in [7, 11) is 0. The minimum absolute atomic E-state index is 0.199. The van der Waals surface area contributed by atoms with Crippen LogP contribution >= 0.6 is 23.4 Å². The van der Waals surface area contributed by atoms with Crippen LogP contribution in [0.5, 0.6) is 5.75 Å². The molecule has 0 spiro atoms. The van der Waals surface area contributed by atoms with Crippen LogP contribution in [0.15, 0.2) is 65.8 Å². The van der Waals surface area contributed by atoms with Gasteiger partial charge in [0.25, 0.3) is 0 Å². The van der Waals surface area contributed by atoms with E-state index >= 15 is 0 Å². The summed E-state index contributed by atoms with van der Waals surface area (Å²) in [6, 6.07) is 15.8. The summed E-state index contributed by atoms with van der Waals surface area (Å²) in [5, 5.41) is 60.7. The second-order valence-electron chi connectivity index (χ2n) is 14.5. The number of hydrogen-bond donors (Lipinski definition) is 6. The fraction of sp³-hybridized carbons (Fsp3) is 0.550. The molecule has 0 aliphatic heterocycles. The largest absolute Gasteiger partial charge is 0.490 e. The first-order valence-corrected chi connectivity index (χ1v) is 20.0. The van der Waals surface area contributed by atoms with Crippen molar-refractivity contribution in [3.8, 4) is 16.9 Å². The van der Waals surface area contributed by atoms with Crippen molar-refractivity contribution in [1.29, 1.82) is 0 Å². The van der Waals surface area contributed by atoms with Crippen LogP contribution in [0.25, 0.3) is 11.1 Å². The Labute approximate surface area is 319 Å². The van der Waals surface area contributed by atoms with Crippen LogP contribution in [0.2, 0.25) is 5.02 Å². The van der Waals surface area contributed by atoms with Gasteiger partial charge in [-0.15, -0.1) is 11.8 Å². The maximum absolute atomic E-state index is 13.5. The van der Waals surface area contributed by atoms with Crippen molar-refractivity contribution in [2.75, 3.05) is 18.9 Å². The molecule has 3 fully saturated rings. The van der Waals surface area contributed by atoms with Crippen molar-refractivity contribution in [2.24, 2.45) is 0 Å². The lowest BCUT2D eigenvalue weighted by Crippen LogP contribution is -2.53. The average molecular weight is 771 g/mol. The fourth-order valence-corrected chi connectivity index (χ4v) is 8.06. The van der Waals surface area contributed by atoms with Crippen LogP contribution in [-0.4, -0.2) is 108 Å². The summed E-state index contributed by atoms with van der Waals surface area (Å²) < 4.78 is 12.9. The van der Waals surface area contributed by atoms with Gasteiger partial charge in [0.15, 0.2) is 0 Å². The van der Waals surface area contributed by atoms with Gasteiger partial charge >= 0.3 is 0 Å². The second-order valence-corrected chi connectivity index (χ2v) is 16.1. The SMILES string of the molecule is O=C(CCCSc1ccc(Cl)c(COC2(c3cnccc3-c3ccccc3OC3CC3)CC2)c1)N(C[C@@H](O)[C@H](O)[C@@H](O)[C@@H](O)CO)C1CCC(O)CC1. The second kappa shape index (κ2) is 18.2. The third-order valence-corrected chi connectivity index (χ3v) is 11.9. The Morgan fingerprint density at radius 2 is 1.70 bits per heavy atom. The molecule has 6 rings (SSSR count). The molecule has 0 radical (unpaired) electrons. The number of para-hydroxylation sites is 1. The van der Waals surface area contributed by atoms with Gasteiger partial charge in [0.2, 0.25) is 5.91 Å². The first-order chi connectivity index (χ1) is 25.6. The predicted octanol–water partition coefficient (Wildman–Crippen LogP) is 4.59. The maximum Gasteiger partial charge on any atom is 0.222 e. The van der Waals surface area contributed by atoms with Crippen molar-refractivity contribution in [1.82, 2.24) is 9.88 Å². The van der Waals surface area contributed by atoms with Gasteiger partial charge < -0.3 is 45.0 Å². The number of halogens is 1. The number of ether oxygens (including phenoxy) is 2. The Morgan fingerprint density at radius 3 is 2.42 bits per heavy atom. The Morgan fingerprint density at radius 1 is 0.962 bits per heavy atom. The molecule has 2 aromatic carbocycles. The van der Waals surface area contributed by atoms with Gasteiger partial charge in [-0.3, -0.25) is 9.78 Å². The third kappa shape index (κ3) is 10.3. The number of carbonyl (C=O) groups excluding carboxylic acids is 1. The van der Waals surface area contributed by atoms with Crippen molar-refractivity contribution < 1.29 is 44.9 Å². The van der Waals surface area contributed by atoms with Gasteiger partial charge in [-0.1, -0.05) is 29.8 Å². The predicted molar refractivity (Wildman–Crippen MR) is 202 cm³/mol. The molecule has 3 aromatic rings. The van der Waals surface area contributed by atoms with Crippen LogP contribution in [0.3, 0.4) is 0 Å². The molecule has 0 bridgehead atoms. The minimum Gasteiger partial charge on any atom is -0.490 e. The van der Waals surface area contributed by atoms with Gasteiger partial charge in [-0.2, -0.15) is 0 Å². The van der Waals surface area contributed by atoms with Crippen LogP contribution in [-0.2, 0) is 21.7 Å². The number of aliphatic hydroxyl groups excluding tert-OH is 6. The number of thioether (sulfide) groups is 1. The minimum atomic E-state index is -1.77. The monoisotopic (exact) mass is 770 g/mol. The van der Waals surface area contributed by atoms with Crippen molar-refractivity contribution in [3.63, 3.8) is 0 Å².